The summed E-state index contributed by atoms with van der Waals surface area (Å²) in [7, 11) is -4.14. The van der Waals surface area contributed by atoms with Gasteiger partial charge >= 0.3 is 0 Å². The summed E-state index contributed by atoms with van der Waals surface area (Å²) < 4.78 is 29.6. The highest BCUT2D eigenvalue weighted by molar-refractivity contribution is 7.92. The van der Waals surface area contributed by atoms with E-state index in [0.717, 1.165) is 40.7 Å². The summed E-state index contributed by atoms with van der Waals surface area (Å²) in [4.78, 5) is 30.1. The van der Waals surface area contributed by atoms with Gasteiger partial charge < -0.3 is 10.2 Å². The summed E-state index contributed by atoms with van der Waals surface area (Å²) in [6.07, 6.45) is 2.01. The predicted molar refractivity (Wildman–Crippen MR) is 180 cm³/mol. The molecule has 7 nitrogen and oxygen atoms in total. The molecule has 0 aliphatic rings. The fourth-order valence-electron chi connectivity index (χ4n) is 5.27. The summed E-state index contributed by atoms with van der Waals surface area (Å²) in [6.45, 7) is 7.95. The second-order valence-corrected chi connectivity index (χ2v) is 13.2. The Hall–Kier alpha value is -4.43. The van der Waals surface area contributed by atoms with Crippen LogP contribution in [0.2, 0.25) is 0 Å². The van der Waals surface area contributed by atoms with Gasteiger partial charge in [0.1, 0.15) is 12.6 Å². The fraction of sp³-hybridized carbons (Fsp3) is 0.297. The van der Waals surface area contributed by atoms with Gasteiger partial charge in [-0.2, -0.15) is 0 Å². The van der Waals surface area contributed by atoms with Crippen molar-refractivity contribution in [2.45, 2.75) is 64.4 Å². The molecule has 0 spiro atoms. The summed E-state index contributed by atoms with van der Waals surface area (Å²) in [5, 5.41) is 3.03. The lowest BCUT2D eigenvalue weighted by Gasteiger charge is -2.34. The largest absolute Gasteiger partial charge is 0.354 e. The van der Waals surface area contributed by atoms with Crippen LogP contribution in [0.4, 0.5) is 5.69 Å². The van der Waals surface area contributed by atoms with Gasteiger partial charge in [0.05, 0.1) is 10.6 Å². The molecule has 4 aromatic carbocycles. The lowest BCUT2D eigenvalue weighted by molar-refractivity contribution is -0.140. The number of hydrogen-bond acceptors (Lipinski definition) is 4. The number of carbonyl (C=O) groups excluding carboxylic acids is 2. The van der Waals surface area contributed by atoms with Crippen LogP contribution in [0.25, 0.3) is 0 Å². The second kappa shape index (κ2) is 15.5. The maximum atomic E-state index is 14.6. The van der Waals surface area contributed by atoms with Crippen molar-refractivity contribution in [3.05, 3.63) is 131 Å². The van der Waals surface area contributed by atoms with Crippen LogP contribution in [-0.2, 0) is 32.6 Å². The number of aryl methyl sites for hydroxylation is 2. The van der Waals surface area contributed by atoms with E-state index in [9.17, 15) is 18.0 Å². The highest BCUT2D eigenvalue weighted by atomic mass is 32.2. The van der Waals surface area contributed by atoms with Gasteiger partial charge in [-0.25, -0.2) is 8.42 Å². The van der Waals surface area contributed by atoms with Crippen molar-refractivity contribution in [2.24, 2.45) is 0 Å². The molecule has 1 N–H and O–H groups in total. The molecular formula is C37H43N3O4S. The van der Waals surface area contributed by atoms with E-state index in [4.69, 9.17) is 0 Å². The molecule has 0 saturated carbocycles. The number of hydrogen-bond donors (Lipinski definition) is 1. The van der Waals surface area contributed by atoms with Gasteiger partial charge in [0.25, 0.3) is 10.0 Å². The van der Waals surface area contributed by atoms with Crippen LogP contribution in [0.1, 0.15) is 47.6 Å². The first kappa shape index (κ1) is 33.5. The third kappa shape index (κ3) is 8.39. The molecule has 0 aliphatic carbocycles. The third-order valence-electron chi connectivity index (χ3n) is 8.16. The van der Waals surface area contributed by atoms with Crippen molar-refractivity contribution in [1.29, 1.82) is 0 Å². The second-order valence-electron chi connectivity index (χ2n) is 11.3. The van der Waals surface area contributed by atoms with Crippen LogP contribution >= 0.6 is 0 Å². The molecule has 0 aliphatic heterocycles. The van der Waals surface area contributed by atoms with Gasteiger partial charge in [-0.3, -0.25) is 13.9 Å². The fourth-order valence-corrected chi connectivity index (χ4v) is 6.76. The highest BCUT2D eigenvalue weighted by Crippen LogP contribution is 2.29. The molecule has 0 radical (unpaired) electrons. The number of rotatable bonds is 14. The number of sulfonamides is 1. The molecule has 0 fully saturated rings. The lowest BCUT2D eigenvalue weighted by atomic mass is 10.0. The standard InChI is InChI=1S/C37H43N3O4S/c1-5-6-24-38-37(42)35(25-31-18-9-7-10-19-31)39(26-32-20-14-13-16-29(32)3)36(41)27-40(34-23-15-17-28(2)30(34)4)45(43,44)33-21-11-8-12-22-33/h7-23,35H,5-6,24-27H2,1-4H3,(H,38,42). The summed E-state index contributed by atoms with van der Waals surface area (Å²) in [5.41, 5.74) is 4.85. The van der Waals surface area contributed by atoms with Crippen molar-refractivity contribution in [1.82, 2.24) is 10.2 Å². The smallest absolute Gasteiger partial charge is 0.264 e. The molecule has 1 atom stereocenters. The van der Waals surface area contributed by atoms with Crippen LogP contribution in [0.3, 0.4) is 0 Å². The van der Waals surface area contributed by atoms with E-state index in [1.807, 2.05) is 81.4 Å². The van der Waals surface area contributed by atoms with E-state index >= 15 is 0 Å². The monoisotopic (exact) mass is 625 g/mol. The lowest BCUT2D eigenvalue weighted by Crippen LogP contribution is -2.53. The van der Waals surface area contributed by atoms with Gasteiger partial charge in [-0.1, -0.05) is 98.3 Å². The first-order chi connectivity index (χ1) is 21.6. The Kier molecular flexibility index (Phi) is 11.5. The van der Waals surface area contributed by atoms with Crippen molar-refractivity contribution in [3.8, 4) is 0 Å². The molecule has 0 heterocycles. The zero-order valence-electron chi connectivity index (χ0n) is 26.6. The van der Waals surface area contributed by atoms with Crippen molar-refractivity contribution in [3.63, 3.8) is 0 Å². The number of carbonyl (C=O) groups is 2. The minimum atomic E-state index is -4.14. The molecule has 0 saturated heterocycles. The first-order valence-electron chi connectivity index (χ1n) is 15.4. The molecule has 236 valence electrons. The average molecular weight is 626 g/mol. The highest BCUT2D eigenvalue weighted by Gasteiger charge is 2.35. The Morgan fingerprint density at radius 1 is 0.778 bits per heavy atom. The van der Waals surface area contributed by atoms with Crippen LogP contribution in [0, 0.1) is 20.8 Å². The van der Waals surface area contributed by atoms with Gasteiger partial charge in [0.15, 0.2) is 0 Å². The van der Waals surface area contributed by atoms with Crippen molar-refractivity contribution < 1.29 is 18.0 Å². The van der Waals surface area contributed by atoms with Crippen LogP contribution in [0.15, 0.2) is 108 Å². The molecule has 45 heavy (non-hydrogen) atoms. The van der Waals surface area contributed by atoms with Gasteiger partial charge in [0.2, 0.25) is 11.8 Å². The normalized spacial score (nSPS) is 11.9. The zero-order chi connectivity index (χ0) is 32.4. The summed E-state index contributed by atoms with van der Waals surface area (Å²) >= 11 is 0. The Labute approximate surface area is 268 Å². The van der Waals surface area contributed by atoms with Gasteiger partial charge in [-0.15, -0.1) is 0 Å². The van der Waals surface area contributed by atoms with E-state index in [-0.39, 0.29) is 23.8 Å². The maximum Gasteiger partial charge on any atom is 0.264 e. The number of unbranched alkanes of at least 4 members (excludes halogenated alkanes) is 1. The van der Waals surface area contributed by atoms with E-state index in [1.165, 1.54) is 16.4 Å². The Bertz CT molecular complexity index is 1690. The van der Waals surface area contributed by atoms with Crippen molar-refractivity contribution in [2.75, 3.05) is 17.4 Å². The van der Waals surface area contributed by atoms with E-state index < -0.39 is 28.5 Å². The average Bonchev–Trinajstić information content (AvgIpc) is 3.04. The number of amides is 2. The minimum Gasteiger partial charge on any atom is -0.354 e. The van der Waals surface area contributed by atoms with Gasteiger partial charge in [0, 0.05) is 19.5 Å². The molecule has 4 rings (SSSR count). The first-order valence-corrected chi connectivity index (χ1v) is 16.9. The van der Waals surface area contributed by atoms with Gasteiger partial charge in [-0.05, 0) is 73.2 Å². The van der Waals surface area contributed by atoms with E-state index in [2.05, 4.69) is 12.2 Å². The molecule has 4 aromatic rings. The number of nitrogens with zero attached hydrogens (tertiary/aromatic N) is 2. The molecule has 0 bridgehead atoms. The van der Waals surface area contributed by atoms with E-state index in [1.54, 1.807) is 35.2 Å². The minimum absolute atomic E-state index is 0.0855. The van der Waals surface area contributed by atoms with Crippen LogP contribution in [0.5, 0.6) is 0 Å². The van der Waals surface area contributed by atoms with E-state index in [0.29, 0.717) is 12.2 Å². The molecule has 0 aromatic heterocycles. The molecule has 1 unspecified atom stereocenters. The quantitative estimate of drug-likeness (QED) is 0.165. The number of anilines is 1. The van der Waals surface area contributed by atoms with Crippen molar-refractivity contribution >= 4 is 27.5 Å². The molecule has 2 amide bonds. The van der Waals surface area contributed by atoms with Crippen LogP contribution in [-0.4, -0.2) is 44.3 Å². The summed E-state index contributed by atoms with van der Waals surface area (Å²) in [5.74, 6) is -0.733. The Morgan fingerprint density at radius 3 is 2.07 bits per heavy atom. The number of nitrogens with one attached hydrogen (secondary N) is 1. The maximum absolute atomic E-state index is 14.6. The molecular weight excluding hydrogens is 582 g/mol. The summed E-state index contributed by atoms with van der Waals surface area (Å²) in [6, 6.07) is 30.0. The Morgan fingerprint density at radius 2 is 1.40 bits per heavy atom. The Balaban J connectivity index is 1.82. The number of benzene rings is 4. The van der Waals surface area contributed by atoms with Crippen LogP contribution < -0.4 is 9.62 Å². The SMILES string of the molecule is CCCCNC(=O)C(Cc1ccccc1)N(Cc1ccccc1C)C(=O)CN(c1cccc(C)c1C)S(=O)(=O)c1ccccc1. The zero-order valence-corrected chi connectivity index (χ0v) is 27.4. The molecule has 8 heteroatoms. The predicted octanol–water partition coefficient (Wildman–Crippen LogP) is 6.36. The third-order valence-corrected chi connectivity index (χ3v) is 9.93. The topological polar surface area (TPSA) is 86.8 Å².